The van der Waals surface area contributed by atoms with Gasteiger partial charge in [0, 0.05) is 13.0 Å². The zero-order chi connectivity index (χ0) is 27.6. The van der Waals surface area contributed by atoms with E-state index >= 15 is 0 Å². The predicted octanol–water partition coefficient (Wildman–Crippen LogP) is 4.48. The standard InChI is InChI=1S/C30H45NO7/c1-6-7-8-9-23-18-24(37-27(32)21-36-17-16-35-15-14-34-13-12-33-5)28-25(19-23)38-29(3,4)26-11-10-22(2)20-30(26,28)31/h7-8,18-20,26H,6,9-17,21,31H2,1-5H3/b8-7+/t26-,30-/m0/s1. The van der Waals surface area contributed by atoms with Crippen LogP contribution in [0.5, 0.6) is 11.5 Å². The molecule has 1 heterocycles. The average molecular weight is 532 g/mol. The maximum absolute atomic E-state index is 12.8. The van der Waals surface area contributed by atoms with Crippen LogP contribution in [0.15, 0.2) is 35.9 Å². The Balaban J connectivity index is 1.70. The molecule has 2 aliphatic rings. The normalized spacial score (nSPS) is 21.9. The molecule has 0 spiro atoms. The van der Waals surface area contributed by atoms with Crippen molar-refractivity contribution in [2.75, 3.05) is 53.4 Å². The van der Waals surface area contributed by atoms with Crippen molar-refractivity contribution in [3.63, 3.8) is 0 Å². The highest BCUT2D eigenvalue weighted by Crippen LogP contribution is 2.54. The smallest absolute Gasteiger partial charge is 0.337 e. The van der Waals surface area contributed by atoms with E-state index in [4.69, 9.17) is 34.2 Å². The summed E-state index contributed by atoms with van der Waals surface area (Å²) in [7, 11) is 1.63. The number of methoxy groups -OCH3 is 1. The number of rotatable bonds is 15. The Morgan fingerprint density at radius 2 is 1.76 bits per heavy atom. The molecule has 3 rings (SSSR count). The van der Waals surface area contributed by atoms with Crippen molar-refractivity contribution in [3.05, 3.63) is 47.1 Å². The second-order valence-corrected chi connectivity index (χ2v) is 10.5. The lowest BCUT2D eigenvalue weighted by Crippen LogP contribution is -2.58. The van der Waals surface area contributed by atoms with Gasteiger partial charge >= 0.3 is 5.97 Å². The molecule has 0 saturated heterocycles. The van der Waals surface area contributed by atoms with Crippen molar-refractivity contribution in [1.82, 2.24) is 0 Å². The molecule has 8 heteroatoms. The Labute approximate surface area is 227 Å². The first-order valence-electron chi connectivity index (χ1n) is 13.6. The van der Waals surface area contributed by atoms with Gasteiger partial charge in [0.2, 0.25) is 0 Å². The van der Waals surface area contributed by atoms with E-state index in [1.807, 2.05) is 12.1 Å². The van der Waals surface area contributed by atoms with E-state index in [1.165, 1.54) is 5.57 Å². The fraction of sp³-hybridized carbons (Fsp3) is 0.633. The SMILES string of the molecule is CC/C=C/Cc1cc(OC(=O)COCCOCCOCCOC)c2c(c1)OC(C)(C)[C@@H]1CCC(C)=C[C@@]21N. The molecule has 2 atom stereocenters. The summed E-state index contributed by atoms with van der Waals surface area (Å²) in [5.74, 6) is 0.667. The molecule has 0 fully saturated rings. The predicted molar refractivity (Wildman–Crippen MR) is 147 cm³/mol. The first kappa shape index (κ1) is 30.3. The van der Waals surface area contributed by atoms with Gasteiger partial charge < -0.3 is 34.2 Å². The minimum absolute atomic E-state index is 0.0429. The van der Waals surface area contributed by atoms with Gasteiger partial charge in [0.05, 0.1) is 50.7 Å². The van der Waals surface area contributed by atoms with Crippen LogP contribution in [0.3, 0.4) is 0 Å². The Kier molecular flexibility index (Phi) is 11.4. The van der Waals surface area contributed by atoms with Gasteiger partial charge in [-0.2, -0.15) is 0 Å². The van der Waals surface area contributed by atoms with E-state index in [0.29, 0.717) is 51.0 Å². The van der Waals surface area contributed by atoms with Crippen molar-refractivity contribution in [1.29, 1.82) is 0 Å². The summed E-state index contributed by atoms with van der Waals surface area (Å²) in [5.41, 5.74) is 8.86. The maximum Gasteiger partial charge on any atom is 0.337 e. The topological polar surface area (TPSA) is 98.5 Å². The first-order valence-corrected chi connectivity index (χ1v) is 13.6. The maximum atomic E-state index is 12.8. The molecule has 0 amide bonds. The monoisotopic (exact) mass is 531 g/mol. The summed E-state index contributed by atoms with van der Waals surface area (Å²) in [6.45, 7) is 10.8. The lowest BCUT2D eigenvalue weighted by Gasteiger charge is -2.52. The number of fused-ring (bicyclic) bond motifs is 3. The van der Waals surface area contributed by atoms with Gasteiger partial charge in [-0.15, -0.1) is 0 Å². The van der Waals surface area contributed by atoms with Gasteiger partial charge in [-0.1, -0.05) is 30.7 Å². The highest BCUT2D eigenvalue weighted by molar-refractivity contribution is 5.75. The van der Waals surface area contributed by atoms with Gasteiger partial charge in [0.15, 0.2) is 0 Å². The minimum Gasteiger partial charge on any atom is -0.487 e. The van der Waals surface area contributed by atoms with Gasteiger partial charge in [-0.3, -0.25) is 0 Å². The van der Waals surface area contributed by atoms with Gasteiger partial charge in [0.1, 0.15) is 23.7 Å². The van der Waals surface area contributed by atoms with Crippen LogP contribution in [0, 0.1) is 5.92 Å². The molecule has 0 unspecified atom stereocenters. The number of esters is 1. The number of carbonyl (C=O) groups is 1. The van der Waals surface area contributed by atoms with Crippen LogP contribution >= 0.6 is 0 Å². The Hall–Kier alpha value is -2.23. The van der Waals surface area contributed by atoms with E-state index in [0.717, 1.165) is 30.4 Å². The summed E-state index contributed by atoms with van der Waals surface area (Å²) < 4.78 is 33.7. The molecule has 2 N–H and O–H groups in total. The number of allylic oxidation sites excluding steroid dienone is 3. The fourth-order valence-electron chi connectivity index (χ4n) is 5.34. The quantitative estimate of drug-likeness (QED) is 0.153. The van der Waals surface area contributed by atoms with E-state index in [2.05, 4.69) is 45.9 Å². The molecular weight excluding hydrogens is 486 g/mol. The minimum atomic E-state index is -0.799. The molecule has 38 heavy (non-hydrogen) atoms. The second-order valence-electron chi connectivity index (χ2n) is 10.5. The van der Waals surface area contributed by atoms with Crippen molar-refractivity contribution in [2.45, 2.75) is 64.5 Å². The molecule has 0 saturated carbocycles. The van der Waals surface area contributed by atoms with E-state index in [9.17, 15) is 4.79 Å². The third-order valence-electron chi connectivity index (χ3n) is 7.04. The molecule has 1 aromatic carbocycles. The van der Waals surface area contributed by atoms with Gasteiger partial charge in [0.25, 0.3) is 0 Å². The van der Waals surface area contributed by atoms with E-state index in [1.54, 1.807) is 7.11 Å². The lowest BCUT2D eigenvalue weighted by molar-refractivity contribution is -0.140. The molecule has 0 radical (unpaired) electrons. The summed E-state index contributed by atoms with van der Waals surface area (Å²) in [6.07, 6.45) is 9.88. The van der Waals surface area contributed by atoms with Crippen LogP contribution in [-0.4, -0.2) is 64.9 Å². The zero-order valence-electron chi connectivity index (χ0n) is 23.7. The molecule has 1 aliphatic carbocycles. The second kappa shape index (κ2) is 14.2. The number of hydrogen-bond donors (Lipinski definition) is 1. The van der Waals surface area contributed by atoms with Gasteiger partial charge in [-0.05, 0) is 64.2 Å². The highest BCUT2D eigenvalue weighted by Gasteiger charge is 2.53. The molecule has 8 nitrogen and oxygen atoms in total. The van der Waals surface area contributed by atoms with Gasteiger partial charge in [-0.25, -0.2) is 4.79 Å². The summed E-state index contributed by atoms with van der Waals surface area (Å²) in [5, 5.41) is 0. The third-order valence-corrected chi connectivity index (χ3v) is 7.04. The van der Waals surface area contributed by atoms with Crippen LogP contribution in [-0.2, 0) is 35.7 Å². The van der Waals surface area contributed by atoms with Crippen LogP contribution in [0.2, 0.25) is 0 Å². The van der Waals surface area contributed by atoms with Crippen LogP contribution < -0.4 is 15.2 Å². The van der Waals surface area contributed by atoms with Crippen molar-refractivity contribution in [3.8, 4) is 11.5 Å². The summed E-state index contributed by atoms with van der Waals surface area (Å²) in [6, 6.07) is 3.94. The zero-order valence-corrected chi connectivity index (χ0v) is 23.7. The van der Waals surface area contributed by atoms with Crippen LogP contribution in [0.4, 0.5) is 0 Å². The molecule has 1 aromatic rings. The van der Waals surface area contributed by atoms with E-state index in [-0.39, 0.29) is 19.1 Å². The summed E-state index contributed by atoms with van der Waals surface area (Å²) in [4.78, 5) is 12.8. The third kappa shape index (κ3) is 7.90. The van der Waals surface area contributed by atoms with E-state index < -0.39 is 17.1 Å². The fourth-order valence-corrected chi connectivity index (χ4v) is 5.34. The molecular formula is C30H45NO7. The number of benzene rings is 1. The van der Waals surface area contributed by atoms with Crippen molar-refractivity contribution >= 4 is 5.97 Å². The Morgan fingerprint density at radius 1 is 1.08 bits per heavy atom. The molecule has 1 aliphatic heterocycles. The first-order chi connectivity index (χ1) is 18.2. The number of hydrogen-bond acceptors (Lipinski definition) is 8. The largest absolute Gasteiger partial charge is 0.487 e. The number of carbonyl (C=O) groups excluding carboxylic acids is 1. The highest BCUT2D eigenvalue weighted by atomic mass is 16.6. The summed E-state index contributed by atoms with van der Waals surface area (Å²) >= 11 is 0. The molecule has 212 valence electrons. The van der Waals surface area contributed by atoms with Crippen molar-refractivity contribution in [2.24, 2.45) is 11.7 Å². The average Bonchev–Trinajstić information content (AvgIpc) is 2.84. The Bertz CT molecular complexity index is 987. The van der Waals surface area contributed by atoms with Crippen molar-refractivity contribution < 1.29 is 33.2 Å². The molecule has 0 aromatic heterocycles. The lowest BCUT2D eigenvalue weighted by atomic mass is 9.63. The number of nitrogens with two attached hydrogens (primary N) is 1. The number of ether oxygens (including phenoxy) is 6. The van der Waals surface area contributed by atoms with Crippen LogP contribution in [0.25, 0.3) is 0 Å². The Morgan fingerprint density at radius 3 is 2.45 bits per heavy atom. The van der Waals surface area contributed by atoms with Crippen LogP contribution in [0.1, 0.15) is 58.1 Å². The molecule has 0 bridgehead atoms.